The summed E-state index contributed by atoms with van der Waals surface area (Å²) in [5.74, 6) is 0. The lowest BCUT2D eigenvalue weighted by Crippen LogP contribution is -2.13. The zero-order chi connectivity index (χ0) is 7.07. The number of hydrogen-bond donors (Lipinski definition) is 0. The Balaban J connectivity index is 2.65. The maximum Gasteiger partial charge on any atom is 0.0866 e. The molecule has 0 radical (unpaired) electrons. The van der Waals surface area contributed by atoms with Crippen molar-refractivity contribution in [3.63, 3.8) is 0 Å². The quantitative estimate of drug-likeness (QED) is 0.419. The van der Waals surface area contributed by atoms with E-state index in [-0.39, 0.29) is 12.2 Å². The van der Waals surface area contributed by atoms with Gasteiger partial charge in [-0.2, -0.15) is 0 Å². The second-order valence-electron chi connectivity index (χ2n) is 2.07. The van der Waals surface area contributed by atoms with E-state index in [1.165, 1.54) is 0 Å². The molecular weight excluding hydrogens is 175 g/mol. The Labute approximate surface area is 65.3 Å². The second kappa shape index (κ2) is 2.51. The van der Waals surface area contributed by atoms with E-state index in [9.17, 15) is 0 Å². The molecule has 0 amide bonds. The molecule has 1 aliphatic rings. The maximum absolute atomic E-state index is 5.18. The van der Waals surface area contributed by atoms with Crippen LogP contribution < -0.4 is 0 Å². The first-order valence-corrected chi connectivity index (χ1v) is 6.34. The van der Waals surface area contributed by atoms with Crippen molar-refractivity contribution in [2.75, 3.05) is 0 Å². The Morgan fingerprint density at radius 2 is 1.67 bits per heavy atom. The summed E-state index contributed by atoms with van der Waals surface area (Å²) in [6.45, 7) is 3.84. The molecule has 5 heteroatoms. The molecule has 0 aromatic carbocycles. The summed E-state index contributed by atoms with van der Waals surface area (Å²) in [7, 11) is 0. The normalized spacial score (nSPS) is 41.2. The molecular formula is C4H8O2PS2-. The molecule has 0 bridgehead atoms. The van der Waals surface area contributed by atoms with Crippen LogP contribution in [0.4, 0.5) is 0 Å². The van der Waals surface area contributed by atoms with Crippen molar-refractivity contribution in [3.8, 4) is 0 Å². The van der Waals surface area contributed by atoms with E-state index in [4.69, 9.17) is 33.1 Å². The van der Waals surface area contributed by atoms with Crippen molar-refractivity contribution in [3.05, 3.63) is 0 Å². The molecule has 9 heavy (non-hydrogen) atoms. The molecule has 1 rings (SSSR count). The fraction of sp³-hybridized carbons (Fsp3) is 1.00. The topological polar surface area (TPSA) is 18.5 Å². The minimum Gasteiger partial charge on any atom is -0.691 e. The minimum atomic E-state index is -2.24. The van der Waals surface area contributed by atoms with Crippen LogP contribution in [0.25, 0.3) is 0 Å². The smallest absolute Gasteiger partial charge is 0.0866 e. The monoisotopic (exact) mass is 183 g/mol. The highest BCUT2D eigenvalue weighted by atomic mass is 32.9. The average Bonchev–Trinajstić information content (AvgIpc) is 1.79. The standard InChI is InChI=1S/C4H9O2PS2/c1-3-4(2)6-7(8,9)5-3/h3-4H,1-2H3,(H,8,9)/p-1/t3-,4-/m1/s1. The van der Waals surface area contributed by atoms with Crippen LogP contribution in [-0.4, -0.2) is 12.2 Å². The summed E-state index contributed by atoms with van der Waals surface area (Å²) in [6, 6.07) is 0. The van der Waals surface area contributed by atoms with E-state index in [1.54, 1.807) is 0 Å². The Morgan fingerprint density at radius 3 is 1.78 bits per heavy atom. The van der Waals surface area contributed by atoms with Gasteiger partial charge in [-0.05, 0) is 13.8 Å². The van der Waals surface area contributed by atoms with Gasteiger partial charge in [0, 0.05) is 0 Å². The summed E-state index contributed by atoms with van der Waals surface area (Å²) in [5.41, 5.74) is -2.24. The van der Waals surface area contributed by atoms with E-state index >= 15 is 0 Å². The van der Waals surface area contributed by atoms with Gasteiger partial charge in [-0.1, -0.05) is 11.8 Å². The Hall–Kier alpha value is 0.920. The molecule has 0 N–H and O–H groups in total. The molecule has 0 unspecified atom stereocenters. The molecule has 1 fully saturated rings. The van der Waals surface area contributed by atoms with Crippen molar-refractivity contribution in [2.45, 2.75) is 26.1 Å². The molecule has 2 nitrogen and oxygen atoms in total. The van der Waals surface area contributed by atoms with Crippen LogP contribution >= 0.6 is 5.69 Å². The van der Waals surface area contributed by atoms with Gasteiger partial charge in [0.1, 0.15) is 0 Å². The van der Waals surface area contributed by atoms with Crippen LogP contribution in [0.1, 0.15) is 13.8 Å². The highest BCUT2D eigenvalue weighted by Gasteiger charge is 2.26. The molecule has 0 spiro atoms. The summed E-state index contributed by atoms with van der Waals surface area (Å²) in [5, 5.41) is 0. The van der Waals surface area contributed by atoms with Crippen molar-refractivity contribution in [2.24, 2.45) is 0 Å². The fourth-order valence-electron chi connectivity index (χ4n) is 0.604. The molecule has 1 aliphatic heterocycles. The SMILES string of the molecule is C[C@H]1OP(=S)([S-])O[C@@H]1C. The van der Waals surface area contributed by atoms with E-state index in [0.29, 0.717) is 0 Å². The average molecular weight is 183 g/mol. The van der Waals surface area contributed by atoms with Crippen LogP contribution in [0, 0.1) is 0 Å². The van der Waals surface area contributed by atoms with Gasteiger partial charge in [0.2, 0.25) is 0 Å². The third kappa shape index (κ3) is 1.92. The van der Waals surface area contributed by atoms with Gasteiger partial charge >= 0.3 is 0 Å². The minimum absolute atomic E-state index is 0.0772. The largest absolute Gasteiger partial charge is 0.691 e. The van der Waals surface area contributed by atoms with Gasteiger partial charge < -0.3 is 21.3 Å². The maximum atomic E-state index is 5.18. The predicted octanol–water partition coefficient (Wildman–Crippen LogP) is 1.58. The van der Waals surface area contributed by atoms with Crippen molar-refractivity contribution in [1.82, 2.24) is 0 Å². The summed E-state index contributed by atoms with van der Waals surface area (Å²) in [6.07, 6.45) is 0.154. The summed E-state index contributed by atoms with van der Waals surface area (Å²) in [4.78, 5) is 0. The fourth-order valence-corrected chi connectivity index (χ4v) is 3.44. The summed E-state index contributed by atoms with van der Waals surface area (Å²) >= 11 is 9.69. The molecule has 0 aromatic heterocycles. The number of hydrogen-bond acceptors (Lipinski definition) is 4. The Kier molecular flexibility index (Phi) is 2.24. The van der Waals surface area contributed by atoms with Crippen molar-refractivity contribution >= 4 is 29.7 Å². The number of rotatable bonds is 0. The third-order valence-corrected chi connectivity index (χ3v) is 3.47. The lowest BCUT2D eigenvalue weighted by Gasteiger charge is -2.19. The van der Waals surface area contributed by atoms with E-state index < -0.39 is 5.69 Å². The second-order valence-corrected chi connectivity index (χ2v) is 6.96. The zero-order valence-electron chi connectivity index (χ0n) is 5.23. The highest BCUT2D eigenvalue weighted by Crippen LogP contribution is 2.54. The van der Waals surface area contributed by atoms with Crippen LogP contribution in [0.5, 0.6) is 0 Å². The zero-order valence-corrected chi connectivity index (χ0v) is 7.76. The van der Waals surface area contributed by atoms with Gasteiger partial charge in [-0.25, -0.2) is 0 Å². The lowest BCUT2D eigenvalue weighted by atomic mass is 10.3. The molecule has 1 heterocycles. The Bertz CT molecular complexity index is 147. The molecule has 0 saturated carbocycles. The molecule has 54 valence electrons. The molecule has 1 saturated heterocycles. The van der Waals surface area contributed by atoms with Crippen LogP contribution in [-0.2, 0) is 33.1 Å². The van der Waals surface area contributed by atoms with E-state index in [2.05, 4.69) is 0 Å². The Morgan fingerprint density at radius 1 is 1.33 bits per heavy atom. The van der Waals surface area contributed by atoms with Crippen molar-refractivity contribution in [1.29, 1.82) is 0 Å². The summed E-state index contributed by atoms with van der Waals surface area (Å²) < 4.78 is 10.4. The lowest BCUT2D eigenvalue weighted by molar-refractivity contribution is 0.187. The predicted molar refractivity (Wildman–Crippen MR) is 42.7 cm³/mol. The molecule has 2 atom stereocenters. The van der Waals surface area contributed by atoms with E-state index in [1.807, 2.05) is 13.8 Å². The first-order valence-electron chi connectivity index (χ1n) is 2.69. The first-order chi connectivity index (χ1) is 4.01. The van der Waals surface area contributed by atoms with Gasteiger partial charge in [0.25, 0.3) is 0 Å². The van der Waals surface area contributed by atoms with Crippen LogP contribution in [0.2, 0.25) is 0 Å². The van der Waals surface area contributed by atoms with Gasteiger partial charge in [-0.15, -0.1) is 0 Å². The molecule has 0 aromatic rings. The third-order valence-electron chi connectivity index (χ3n) is 1.25. The van der Waals surface area contributed by atoms with Crippen molar-refractivity contribution < 1.29 is 9.05 Å². The van der Waals surface area contributed by atoms with Crippen LogP contribution in [0.15, 0.2) is 0 Å². The first kappa shape index (κ1) is 8.02. The van der Waals surface area contributed by atoms with Crippen LogP contribution in [0.3, 0.4) is 0 Å². The van der Waals surface area contributed by atoms with Gasteiger partial charge in [-0.3, -0.25) is 0 Å². The highest BCUT2D eigenvalue weighted by molar-refractivity contribution is 8.51. The van der Waals surface area contributed by atoms with E-state index in [0.717, 1.165) is 0 Å². The van der Waals surface area contributed by atoms with Gasteiger partial charge in [0.15, 0.2) is 0 Å². The molecule has 0 aliphatic carbocycles. The van der Waals surface area contributed by atoms with Gasteiger partial charge in [0.05, 0.1) is 17.9 Å².